The van der Waals surface area contributed by atoms with Crippen molar-refractivity contribution in [1.82, 2.24) is 0 Å². The SMILES string of the molecule is CC(C)(C)OC(=O)C1C[C@H]1[C@H]1COC(C)(C)O1. The minimum absolute atomic E-state index is 0.00303. The summed E-state index contributed by atoms with van der Waals surface area (Å²) in [5.74, 6) is -0.342. The first-order valence-electron chi connectivity index (χ1n) is 6.23. The van der Waals surface area contributed by atoms with Crippen molar-refractivity contribution in [2.75, 3.05) is 6.61 Å². The van der Waals surface area contributed by atoms with Crippen molar-refractivity contribution in [3.8, 4) is 0 Å². The molecule has 1 aliphatic carbocycles. The van der Waals surface area contributed by atoms with Gasteiger partial charge in [-0.1, -0.05) is 0 Å². The highest BCUT2D eigenvalue weighted by Crippen LogP contribution is 2.46. The second-order valence-electron chi connectivity index (χ2n) is 6.41. The summed E-state index contributed by atoms with van der Waals surface area (Å²) < 4.78 is 16.6. The van der Waals surface area contributed by atoms with Crippen LogP contribution in [0.5, 0.6) is 0 Å². The van der Waals surface area contributed by atoms with Gasteiger partial charge in [-0.05, 0) is 41.0 Å². The van der Waals surface area contributed by atoms with E-state index in [0.29, 0.717) is 6.61 Å². The topological polar surface area (TPSA) is 44.8 Å². The van der Waals surface area contributed by atoms with E-state index in [-0.39, 0.29) is 23.9 Å². The van der Waals surface area contributed by atoms with Gasteiger partial charge < -0.3 is 14.2 Å². The number of hydrogen-bond donors (Lipinski definition) is 0. The van der Waals surface area contributed by atoms with Crippen molar-refractivity contribution in [3.05, 3.63) is 0 Å². The molecule has 1 saturated carbocycles. The maximum atomic E-state index is 11.8. The van der Waals surface area contributed by atoms with Gasteiger partial charge in [-0.3, -0.25) is 4.79 Å². The van der Waals surface area contributed by atoms with Crippen LogP contribution in [0.25, 0.3) is 0 Å². The summed E-state index contributed by atoms with van der Waals surface area (Å²) >= 11 is 0. The molecule has 4 heteroatoms. The molecule has 0 radical (unpaired) electrons. The van der Waals surface area contributed by atoms with Crippen molar-refractivity contribution < 1.29 is 19.0 Å². The van der Waals surface area contributed by atoms with E-state index < -0.39 is 11.4 Å². The van der Waals surface area contributed by atoms with Crippen molar-refractivity contribution >= 4 is 5.97 Å². The van der Waals surface area contributed by atoms with Crippen molar-refractivity contribution in [2.45, 2.75) is 58.5 Å². The van der Waals surface area contributed by atoms with Crippen LogP contribution in [0.2, 0.25) is 0 Å². The van der Waals surface area contributed by atoms with Crippen LogP contribution in [-0.4, -0.2) is 30.1 Å². The number of carbonyl (C=O) groups excluding carboxylic acids is 1. The molecule has 98 valence electrons. The third-order valence-electron chi connectivity index (χ3n) is 3.06. The highest BCUT2D eigenvalue weighted by atomic mass is 16.7. The molecule has 17 heavy (non-hydrogen) atoms. The Balaban J connectivity index is 1.83. The molecule has 0 bridgehead atoms. The molecule has 3 atom stereocenters. The Labute approximate surface area is 103 Å². The maximum absolute atomic E-state index is 11.8. The largest absolute Gasteiger partial charge is 0.460 e. The summed E-state index contributed by atoms with van der Waals surface area (Å²) in [7, 11) is 0. The lowest BCUT2D eigenvalue weighted by atomic mass is 10.1. The first kappa shape index (κ1) is 12.8. The minimum Gasteiger partial charge on any atom is -0.460 e. The molecular weight excluding hydrogens is 220 g/mol. The van der Waals surface area contributed by atoms with Crippen molar-refractivity contribution in [1.29, 1.82) is 0 Å². The molecule has 2 aliphatic rings. The van der Waals surface area contributed by atoms with Gasteiger partial charge in [0.1, 0.15) is 5.60 Å². The fraction of sp³-hybridized carbons (Fsp3) is 0.923. The monoisotopic (exact) mass is 242 g/mol. The average Bonchev–Trinajstić information content (AvgIpc) is 2.83. The Kier molecular flexibility index (Phi) is 2.99. The zero-order chi connectivity index (χ0) is 12.8. The van der Waals surface area contributed by atoms with Gasteiger partial charge in [0.05, 0.1) is 18.6 Å². The van der Waals surface area contributed by atoms with Gasteiger partial charge in [-0.25, -0.2) is 0 Å². The first-order valence-corrected chi connectivity index (χ1v) is 6.23. The zero-order valence-electron chi connectivity index (χ0n) is 11.3. The van der Waals surface area contributed by atoms with Gasteiger partial charge in [0.2, 0.25) is 0 Å². The van der Waals surface area contributed by atoms with Crippen LogP contribution in [-0.2, 0) is 19.0 Å². The molecule has 0 spiro atoms. The lowest BCUT2D eigenvalue weighted by molar-refractivity contribution is -0.159. The molecule has 0 aromatic rings. The molecule has 2 fully saturated rings. The quantitative estimate of drug-likeness (QED) is 0.696. The Hall–Kier alpha value is -0.610. The Morgan fingerprint density at radius 1 is 1.35 bits per heavy atom. The second-order valence-corrected chi connectivity index (χ2v) is 6.41. The smallest absolute Gasteiger partial charge is 0.309 e. The fourth-order valence-corrected chi connectivity index (χ4v) is 2.20. The minimum atomic E-state index is -0.508. The maximum Gasteiger partial charge on any atom is 0.309 e. The highest BCUT2D eigenvalue weighted by molar-refractivity contribution is 5.76. The summed E-state index contributed by atoms with van der Waals surface area (Å²) in [6.45, 7) is 10.1. The Morgan fingerprint density at radius 3 is 2.47 bits per heavy atom. The predicted molar refractivity (Wildman–Crippen MR) is 62.3 cm³/mol. The van der Waals surface area contributed by atoms with Crippen LogP contribution in [0.3, 0.4) is 0 Å². The molecule has 0 aromatic heterocycles. The van der Waals surface area contributed by atoms with E-state index in [2.05, 4.69) is 0 Å². The van der Waals surface area contributed by atoms with Gasteiger partial charge in [0.15, 0.2) is 5.79 Å². The van der Waals surface area contributed by atoms with Crippen LogP contribution in [0.4, 0.5) is 0 Å². The van der Waals surface area contributed by atoms with Crippen LogP contribution >= 0.6 is 0 Å². The molecule has 0 N–H and O–H groups in total. The van der Waals surface area contributed by atoms with E-state index >= 15 is 0 Å². The van der Waals surface area contributed by atoms with E-state index in [4.69, 9.17) is 14.2 Å². The van der Waals surface area contributed by atoms with E-state index in [1.54, 1.807) is 0 Å². The standard InChI is InChI=1S/C13H22O4/c1-12(2,3)17-11(14)9-6-8(9)10-7-15-13(4,5)16-10/h8-10H,6-7H2,1-5H3/t8-,9?,10-/m1/s1. The van der Waals surface area contributed by atoms with Crippen LogP contribution in [0, 0.1) is 11.8 Å². The molecule has 1 saturated heterocycles. The summed E-state index contributed by atoms with van der Waals surface area (Å²) in [4.78, 5) is 11.8. The Bertz CT molecular complexity index is 316. The number of hydrogen-bond acceptors (Lipinski definition) is 4. The van der Waals surface area contributed by atoms with Gasteiger partial charge in [-0.2, -0.15) is 0 Å². The van der Waals surface area contributed by atoms with Crippen LogP contribution in [0.15, 0.2) is 0 Å². The summed E-state index contributed by atoms with van der Waals surface area (Å²) in [5.41, 5.74) is -0.406. The first-order chi connectivity index (χ1) is 7.68. The number of esters is 1. The summed E-state index contributed by atoms with van der Waals surface area (Å²) in [6.07, 6.45) is 0.904. The third-order valence-corrected chi connectivity index (χ3v) is 3.06. The van der Waals surface area contributed by atoms with Crippen LogP contribution in [0.1, 0.15) is 41.0 Å². The molecule has 2 rings (SSSR count). The predicted octanol–water partition coefficient (Wildman–Crippen LogP) is 2.12. The molecule has 0 aromatic carbocycles. The summed E-state index contributed by atoms with van der Waals surface area (Å²) in [6, 6.07) is 0. The molecule has 1 aliphatic heterocycles. The zero-order valence-corrected chi connectivity index (χ0v) is 11.3. The van der Waals surface area contributed by atoms with Crippen LogP contribution < -0.4 is 0 Å². The van der Waals surface area contributed by atoms with Gasteiger partial charge in [0.25, 0.3) is 0 Å². The molecule has 1 heterocycles. The van der Waals surface area contributed by atoms with E-state index in [1.165, 1.54) is 0 Å². The lowest BCUT2D eigenvalue weighted by Gasteiger charge is -2.20. The van der Waals surface area contributed by atoms with E-state index in [0.717, 1.165) is 6.42 Å². The molecule has 1 unspecified atom stereocenters. The fourth-order valence-electron chi connectivity index (χ4n) is 2.20. The van der Waals surface area contributed by atoms with E-state index in [1.807, 2.05) is 34.6 Å². The molecule has 0 amide bonds. The normalized spacial score (nSPS) is 35.7. The summed E-state index contributed by atoms with van der Waals surface area (Å²) in [5, 5.41) is 0. The number of ether oxygens (including phenoxy) is 3. The second kappa shape index (κ2) is 3.95. The lowest BCUT2D eigenvalue weighted by Crippen LogP contribution is -2.27. The highest BCUT2D eigenvalue weighted by Gasteiger charge is 2.53. The number of rotatable bonds is 2. The number of carbonyl (C=O) groups is 1. The van der Waals surface area contributed by atoms with Crippen molar-refractivity contribution in [3.63, 3.8) is 0 Å². The van der Waals surface area contributed by atoms with Gasteiger partial charge >= 0.3 is 5.97 Å². The van der Waals surface area contributed by atoms with Gasteiger partial charge in [0, 0.05) is 5.92 Å². The average molecular weight is 242 g/mol. The third kappa shape index (κ3) is 3.19. The molecular formula is C13H22O4. The molecule has 4 nitrogen and oxygen atoms in total. The Morgan fingerprint density at radius 2 is 2.00 bits per heavy atom. The van der Waals surface area contributed by atoms with Crippen molar-refractivity contribution in [2.24, 2.45) is 11.8 Å². The van der Waals surface area contributed by atoms with Gasteiger partial charge in [-0.15, -0.1) is 0 Å². The van der Waals surface area contributed by atoms with E-state index in [9.17, 15) is 4.79 Å².